The summed E-state index contributed by atoms with van der Waals surface area (Å²) in [5.41, 5.74) is 2.52. The molecule has 1 fully saturated rings. The molecule has 2 aromatic carbocycles. The van der Waals surface area contributed by atoms with Crippen LogP contribution in [0.25, 0.3) is 0 Å². The third-order valence-corrected chi connectivity index (χ3v) is 3.85. The summed E-state index contributed by atoms with van der Waals surface area (Å²) < 4.78 is 11.2. The molecule has 1 aliphatic heterocycles. The second-order valence-corrected chi connectivity index (χ2v) is 5.79. The van der Waals surface area contributed by atoms with Gasteiger partial charge >= 0.3 is 0 Å². The molecule has 1 N–H and O–H groups in total. The SMILES string of the molecule is Cc1cccc(NC(=O)c2ccc(OCC3CCCO3)cc2)c1. The largest absolute Gasteiger partial charge is 0.491 e. The van der Waals surface area contributed by atoms with Crippen LogP contribution in [0.4, 0.5) is 5.69 Å². The molecule has 1 unspecified atom stereocenters. The van der Waals surface area contributed by atoms with E-state index < -0.39 is 0 Å². The summed E-state index contributed by atoms with van der Waals surface area (Å²) in [4.78, 5) is 12.2. The number of amides is 1. The van der Waals surface area contributed by atoms with Crippen LogP contribution in [-0.4, -0.2) is 25.2 Å². The van der Waals surface area contributed by atoms with Gasteiger partial charge in [0.25, 0.3) is 5.91 Å². The van der Waals surface area contributed by atoms with E-state index in [2.05, 4.69) is 5.32 Å². The van der Waals surface area contributed by atoms with Gasteiger partial charge in [-0.25, -0.2) is 0 Å². The number of aryl methyl sites for hydroxylation is 1. The Morgan fingerprint density at radius 2 is 2.09 bits per heavy atom. The second-order valence-electron chi connectivity index (χ2n) is 5.79. The Labute approximate surface area is 136 Å². The fourth-order valence-electron chi connectivity index (χ4n) is 2.59. The number of anilines is 1. The topological polar surface area (TPSA) is 47.6 Å². The number of carbonyl (C=O) groups is 1. The standard InChI is InChI=1S/C19H21NO3/c1-14-4-2-5-16(12-14)20-19(21)15-7-9-17(10-8-15)23-13-18-6-3-11-22-18/h2,4-5,7-10,12,18H,3,6,11,13H2,1H3,(H,20,21). The summed E-state index contributed by atoms with van der Waals surface area (Å²) in [6, 6.07) is 14.9. The Balaban J connectivity index is 1.56. The van der Waals surface area contributed by atoms with Gasteiger partial charge in [0.15, 0.2) is 0 Å². The average molecular weight is 311 g/mol. The molecule has 2 aromatic rings. The number of carbonyl (C=O) groups excluding carboxylic acids is 1. The van der Waals surface area contributed by atoms with Crippen molar-refractivity contribution < 1.29 is 14.3 Å². The average Bonchev–Trinajstić information content (AvgIpc) is 3.07. The van der Waals surface area contributed by atoms with Crippen LogP contribution in [0, 0.1) is 6.92 Å². The Kier molecular flexibility index (Phi) is 4.93. The molecule has 1 aliphatic rings. The first kappa shape index (κ1) is 15.6. The van der Waals surface area contributed by atoms with Gasteiger partial charge in [-0.05, 0) is 61.7 Å². The molecule has 3 rings (SSSR count). The minimum absolute atomic E-state index is 0.124. The van der Waals surface area contributed by atoms with Crippen molar-refractivity contribution in [3.63, 3.8) is 0 Å². The van der Waals surface area contributed by atoms with Crippen molar-refractivity contribution in [1.82, 2.24) is 0 Å². The van der Waals surface area contributed by atoms with E-state index in [1.54, 1.807) is 12.1 Å². The molecule has 0 aromatic heterocycles. The van der Waals surface area contributed by atoms with Crippen molar-refractivity contribution in [2.24, 2.45) is 0 Å². The van der Waals surface area contributed by atoms with Crippen molar-refractivity contribution in [2.75, 3.05) is 18.5 Å². The Morgan fingerprint density at radius 3 is 2.78 bits per heavy atom. The summed E-state index contributed by atoms with van der Waals surface area (Å²) in [6.07, 6.45) is 2.35. The van der Waals surface area contributed by atoms with Crippen LogP contribution in [0.3, 0.4) is 0 Å². The first-order chi connectivity index (χ1) is 11.2. The highest BCUT2D eigenvalue weighted by Gasteiger charge is 2.16. The fourth-order valence-corrected chi connectivity index (χ4v) is 2.59. The van der Waals surface area contributed by atoms with E-state index in [9.17, 15) is 4.79 Å². The summed E-state index contributed by atoms with van der Waals surface area (Å²) in [5, 5.41) is 2.90. The third kappa shape index (κ3) is 4.33. The van der Waals surface area contributed by atoms with Crippen LogP contribution >= 0.6 is 0 Å². The highest BCUT2D eigenvalue weighted by molar-refractivity contribution is 6.04. The molecule has 4 heteroatoms. The van der Waals surface area contributed by atoms with Gasteiger partial charge in [-0.2, -0.15) is 0 Å². The summed E-state index contributed by atoms with van der Waals surface area (Å²) >= 11 is 0. The van der Waals surface area contributed by atoms with Crippen molar-refractivity contribution in [3.8, 4) is 5.75 Å². The quantitative estimate of drug-likeness (QED) is 0.913. The predicted octanol–water partition coefficient (Wildman–Crippen LogP) is 3.81. The molecule has 23 heavy (non-hydrogen) atoms. The molecular formula is C19H21NO3. The number of ether oxygens (including phenoxy) is 2. The number of rotatable bonds is 5. The highest BCUT2D eigenvalue weighted by atomic mass is 16.5. The van der Waals surface area contributed by atoms with Gasteiger partial charge in [0.05, 0.1) is 6.10 Å². The zero-order valence-corrected chi connectivity index (χ0v) is 13.2. The van der Waals surface area contributed by atoms with Crippen molar-refractivity contribution in [3.05, 3.63) is 59.7 Å². The lowest BCUT2D eigenvalue weighted by Crippen LogP contribution is -2.16. The molecule has 120 valence electrons. The molecular weight excluding hydrogens is 290 g/mol. The van der Waals surface area contributed by atoms with Crippen molar-refractivity contribution in [1.29, 1.82) is 0 Å². The highest BCUT2D eigenvalue weighted by Crippen LogP contribution is 2.17. The Hall–Kier alpha value is -2.33. The van der Waals surface area contributed by atoms with E-state index in [1.807, 2.05) is 43.3 Å². The second kappa shape index (κ2) is 7.29. The summed E-state index contributed by atoms with van der Waals surface area (Å²) in [6.45, 7) is 3.39. The van der Waals surface area contributed by atoms with Gasteiger partial charge < -0.3 is 14.8 Å². The van der Waals surface area contributed by atoms with Gasteiger partial charge in [-0.1, -0.05) is 12.1 Å². The lowest BCUT2D eigenvalue weighted by molar-refractivity contribution is 0.0679. The Bertz CT molecular complexity index is 661. The monoisotopic (exact) mass is 311 g/mol. The first-order valence-electron chi connectivity index (χ1n) is 7.93. The molecule has 4 nitrogen and oxygen atoms in total. The maximum atomic E-state index is 12.2. The molecule has 0 saturated carbocycles. The lowest BCUT2D eigenvalue weighted by atomic mass is 10.2. The molecule has 0 spiro atoms. The third-order valence-electron chi connectivity index (χ3n) is 3.85. The Morgan fingerprint density at radius 1 is 1.26 bits per heavy atom. The fraction of sp³-hybridized carbons (Fsp3) is 0.316. The molecule has 0 radical (unpaired) electrons. The molecule has 1 amide bonds. The van der Waals surface area contributed by atoms with E-state index >= 15 is 0 Å². The predicted molar refractivity (Wildman–Crippen MR) is 90.0 cm³/mol. The first-order valence-corrected chi connectivity index (χ1v) is 7.93. The van der Waals surface area contributed by atoms with Gasteiger partial charge in [-0.15, -0.1) is 0 Å². The van der Waals surface area contributed by atoms with Crippen molar-refractivity contribution in [2.45, 2.75) is 25.9 Å². The molecule has 1 atom stereocenters. The zero-order chi connectivity index (χ0) is 16.1. The minimum Gasteiger partial charge on any atom is -0.491 e. The van der Waals surface area contributed by atoms with Crippen LogP contribution in [0.2, 0.25) is 0 Å². The molecule has 0 aliphatic carbocycles. The molecule has 1 heterocycles. The van der Waals surface area contributed by atoms with E-state index in [4.69, 9.17) is 9.47 Å². The van der Waals surface area contributed by atoms with Crippen LogP contribution in [0.15, 0.2) is 48.5 Å². The normalized spacial score (nSPS) is 17.0. The maximum Gasteiger partial charge on any atom is 0.255 e. The number of hydrogen-bond acceptors (Lipinski definition) is 3. The number of benzene rings is 2. The van der Waals surface area contributed by atoms with Gasteiger partial charge in [0.2, 0.25) is 0 Å². The minimum atomic E-state index is -0.124. The van der Waals surface area contributed by atoms with E-state index in [1.165, 1.54) is 0 Å². The van der Waals surface area contributed by atoms with Crippen molar-refractivity contribution >= 4 is 11.6 Å². The van der Waals surface area contributed by atoms with Crippen LogP contribution in [-0.2, 0) is 4.74 Å². The molecule has 1 saturated heterocycles. The molecule has 0 bridgehead atoms. The zero-order valence-electron chi connectivity index (χ0n) is 13.2. The summed E-state index contributed by atoms with van der Waals surface area (Å²) in [5.74, 6) is 0.633. The van der Waals surface area contributed by atoms with E-state index in [-0.39, 0.29) is 12.0 Å². The number of hydrogen-bond donors (Lipinski definition) is 1. The smallest absolute Gasteiger partial charge is 0.255 e. The van der Waals surface area contributed by atoms with Gasteiger partial charge in [-0.3, -0.25) is 4.79 Å². The van der Waals surface area contributed by atoms with Gasteiger partial charge in [0, 0.05) is 17.9 Å². The van der Waals surface area contributed by atoms with Crippen LogP contribution < -0.4 is 10.1 Å². The number of nitrogens with one attached hydrogen (secondary N) is 1. The lowest BCUT2D eigenvalue weighted by Gasteiger charge is -2.12. The van der Waals surface area contributed by atoms with Gasteiger partial charge in [0.1, 0.15) is 12.4 Å². The van der Waals surface area contributed by atoms with Crippen LogP contribution in [0.1, 0.15) is 28.8 Å². The maximum absolute atomic E-state index is 12.2. The van der Waals surface area contributed by atoms with E-state index in [0.717, 1.165) is 36.4 Å². The van der Waals surface area contributed by atoms with E-state index in [0.29, 0.717) is 12.2 Å². The van der Waals surface area contributed by atoms with Crippen LogP contribution in [0.5, 0.6) is 5.75 Å². The summed E-state index contributed by atoms with van der Waals surface area (Å²) in [7, 11) is 0.